The minimum Gasteiger partial charge on any atom is -0.497 e. The lowest BCUT2D eigenvalue weighted by molar-refractivity contribution is -0.118. The number of halogens is 1. The zero-order valence-electron chi connectivity index (χ0n) is 15.0. The van der Waals surface area contributed by atoms with Gasteiger partial charge in [0.25, 0.3) is 0 Å². The van der Waals surface area contributed by atoms with E-state index in [4.69, 9.17) is 4.74 Å². The Labute approximate surface area is 160 Å². The Morgan fingerprint density at radius 3 is 2.74 bits per heavy atom. The van der Waals surface area contributed by atoms with Crippen LogP contribution in [0, 0.1) is 12.7 Å². The number of amides is 1. The number of carbonyl (C=O) groups is 1. The van der Waals surface area contributed by atoms with Gasteiger partial charge in [-0.3, -0.25) is 9.89 Å². The molecule has 0 aliphatic rings. The predicted octanol–water partition coefficient (Wildman–Crippen LogP) is 3.34. The number of H-pyrrole nitrogens is 1. The molecular weight excluding hydrogens is 367 g/mol. The molecule has 0 saturated carbocycles. The van der Waals surface area contributed by atoms with Crippen molar-refractivity contribution in [1.29, 1.82) is 0 Å². The van der Waals surface area contributed by atoms with Gasteiger partial charge in [-0.1, -0.05) is 23.9 Å². The van der Waals surface area contributed by atoms with Crippen LogP contribution < -0.4 is 10.1 Å². The standard InChI is InChI=1S/C19H19FN4O2S/c1-12-9-13(3-8-16(12)20)10-21-17(25)11-27-19-22-18(23-24-19)14-4-6-15(26-2)7-5-14/h3-9H,10-11H2,1-2H3,(H,21,25)(H,22,23,24). The maximum absolute atomic E-state index is 13.3. The summed E-state index contributed by atoms with van der Waals surface area (Å²) >= 11 is 1.24. The summed E-state index contributed by atoms with van der Waals surface area (Å²) in [5.74, 6) is 1.19. The molecule has 0 atom stereocenters. The van der Waals surface area contributed by atoms with Crippen molar-refractivity contribution in [2.24, 2.45) is 0 Å². The SMILES string of the molecule is COc1ccc(-c2nc(SCC(=O)NCc3ccc(F)c(C)c3)n[nH]2)cc1. The summed E-state index contributed by atoms with van der Waals surface area (Å²) in [5.41, 5.74) is 2.29. The smallest absolute Gasteiger partial charge is 0.230 e. The van der Waals surface area contributed by atoms with Crippen LogP contribution in [0.15, 0.2) is 47.6 Å². The van der Waals surface area contributed by atoms with Gasteiger partial charge < -0.3 is 10.1 Å². The van der Waals surface area contributed by atoms with Crippen molar-refractivity contribution in [2.75, 3.05) is 12.9 Å². The van der Waals surface area contributed by atoms with E-state index in [1.54, 1.807) is 26.2 Å². The molecule has 0 unspecified atom stereocenters. The van der Waals surface area contributed by atoms with Gasteiger partial charge in [0.05, 0.1) is 12.9 Å². The van der Waals surface area contributed by atoms with Crippen molar-refractivity contribution in [2.45, 2.75) is 18.6 Å². The highest BCUT2D eigenvalue weighted by Crippen LogP contribution is 2.21. The lowest BCUT2D eigenvalue weighted by atomic mass is 10.1. The van der Waals surface area contributed by atoms with Crippen LogP contribution in [0.5, 0.6) is 5.75 Å². The van der Waals surface area contributed by atoms with Gasteiger partial charge in [0, 0.05) is 12.1 Å². The number of aryl methyl sites for hydroxylation is 1. The third kappa shape index (κ3) is 5.07. The molecule has 1 aromatic heterocycles. The number of hydrogen-bond donors (Lipinski definition) is 2. The van der Waals surface area contributed by atoms with Gasteiger partial charge in [0.15, 0.2) is 5.82 Å². The van der Waals surface area contributed by atoms with E-state index in [1.807, 2.05) is 24.3 Å². The first-order valence-corrected chi connectivity index (χ1v) is 9.25. The molecule has 2 aromatic carbocycles. The van der Waals surface area contributed by atoms with Crippen LogP contribution in [-0.4, -0.2) is 34.0 Å². The first kappa shape index (κ1) is 18.9. The molecule has 0 aliphatic carbocycles. The van der Waals surface area contributed by atoms with Crippen LogP contribution in [0.25, 0.3) is 11.4 Å². The summed E-state index contributed by atoms with van der Waals surface area (Å²) < 4.78 is 18.4. The summed E-state index contributed by atoms with van der Waals surface area (Å²) in [4.78, 5) is 16.4. The molecule has 0 spiro atoms. The van der Waals surface area contributed by atoms with Crippen molar-refractivity contribution in [3.8, 4) is 17.1 Å². The first-order chi connectivity index (χ1) is 13.0. The zero-order valence-corrected chi connectivity index (χ0v) is 15.8. The van der Waals surface area contributed by atoms with Crippen LogP contribution in [0.2, 0.25) is 0 Å². The molecule has 0 fully saturated rings. The highest BCUT2D eigenvalue weighted by molar-refractivity contribution is 7.99. The van der Waals surface area contributed by atoms with E-state index in [0.717, 1.165) is 16.9 Å². The Balaban J connectivity index is 1.50. The highest BCUT2D eigenvalue weighted by atomic mass is 32.2. The van der Waals surface area contributed by atoms with Gasteiger partial charge in [-0.05, 0) is 48.4 Å². The molecule has 3 aromatic rings. The van der Waals surface area contributed by atoms with Crippen LogP contribution in [0.3, 0.4) is 0 Å². The number of aromatic amines is 1. The number of ether oxygens (including phenoxy) is 1. The average Bonchev–Trinajstić information content (AvgIpc) is 3.16. The average molecular weight is 386 g/mol. The lowest BCUT2D eigenvalue weighted by Gasteiger charge is -2.05. The molecule has 0 radical (unpaired) electrons. The van der Waals surface area contributed by atoms with Crippen molar-refractivity contribution < 1.29 is 13.9 Å². The fourth-order valence-electron chi connectivity index (χ4n) is 2.39. The van der Waals surface area contributed by atoms with Crippen LogP contribution in [-0.2, 0) is 11.3 Å². The molecule has 0 saturated heterocycles. The Hall–Kier alpha value is -2.87. The molecule has 0 aliphatic heterocycles. The monoisotopic (exact) mass is 386 g/mol. The summed E-state index contributed by atoms with van der Waals surface area (Å²) in [7, 11) is 1.61. The Morgan fingerprint density at radius 2 is 2.04 bits per heavy atom. The van der Waals surface area contributed by atoms with E-state index in [0.29, 0.717) is 23.1 Å². The number of nitrogens with zero attached hydrogens (tertiary/aromatic N) is 2. The lowest BCUT2D eigenvalue weighted by Crippen LogP contribution is -2.24. The number of rotatable bonds is 7. The van der Waals surface area contributed by atoms with E-state index < -0.39 is 0 Å². The van der Waals surface area contributed by atoms with E-state index >= 15 is 0 Å². The van der Waals surface area contributed by atoms with Crippen LogP contribution in [0.1, 0.15) is 11.1 Å². The quantitative estimate of drug-likeness (QED) is 0.609. The topological polar surface area (TPSA) is 79.9 Å². The summed E-state index contributed by atoms with van der Waals surface area (Å²) in [6.07, 6.45) is 0. The predicted molar refractivity (Wildman–Crippen MR) is 102 cm³/mol. The van der Waals surface area contributed by atoms with Crippen molar-refractivity contribution in [3.05, 3.63) is 59.4 Å². The Bertz CT molecular complexity index is 928. The normalized spacial score (nSPS) is 10.6. The van der Waals surface area contributed by atoms with Crippen LogP contribution >= 0.6 is 11.8 Å². The van der Waals surface area contributed by atoms with E-state index in [9.17, 15) is 9.18 Å². The minimum atomic E-state index is -0.252. The molecule has 3 rings (SSSR count). The number of methoxy groups -OCH3 is 1. The number of carbonyl (C=O) groups excluding carboxylic acids is 1. The summed E-state index contributed by atoms with van der Waals surface area (Å²) in [6, 6.07) is 12.2. The van der Waals surface area contributed by atoms with E-state index in [-0.39, 0.29) is 17.5 Å². The molecule has 0 bridgehead atoms. The second-order valence-corrected chi connectivity index (χ2v) is 6.79. The second-order valence-electron chi connectivity index (χ2n) is 5.84. The fraction of sp³-hybridized carbons (Fsp3) is 0.211. The third-order valence-corrected chi connectivity index (χ3v) is 4.72. The molecule has 1 amide bonds. The molecule has 8 heteroatoms. The first-order valence-electron chi connectivity index (χ1n) is 8.26. The van der Waals surface area contributed by atoms with Crippen molar-refractivity contribution in [1.82, 2.24) is 20.5 Å². The third-order valence-electron chi connectivity index (χ3n) is 3.87. The fourth-order valence-corrected chi connectivity index (χ4v) is 3.02. The molecule has 1 heterocycles. The maximum atomic E-state index is 13.3. The van der Waals surface area contributed by atoms with Gasteiger partial charge in [-0.2, -0.15) is 0 Å². The summed E-state index contributed by atoms with van der Waals surface area (Å²) in [6.45, 7) is 2.05. The highest BCUT2D eigenvalue weighted by Gasteiger charge is 2.09. The Kier molecular flexibility index (Phi) is 6.08. The molecule has 6 nitrogen and oxygen atoms in total. The van der Waals surface area contributed by atoms with E-state index in [1.165, 1.54) is 17.8 Å². The maximum Gasteiger partial charge on any atom is 0.230 e. The molecule has 140 valence electrons. The molecule has 27 heavy (non-hydrogen) atoms. The van der Waals surface area contributed by atoms with E-state index in [2.05, 4.69) is 20.5 Å². The largest absolute Gasteiger partial charge is 0.497 e. The van der Waals surface area contributed by atoms with Crippen molar-refractivity contribution in [3.63, 3.8) is 0 Å². The molecule has 2 N–H and O–H groups in total. The van der Waals surface area contributed by atoms with Crippen LogP contribution in [0.4, 0.5) is 4.39 Å². The number of aromatic nitrogens is 3. The number of benzene rings is 2. The second kappa shape index (κ2) is 8.68. The number of thioether (sulfide) groups is 1. The number of hydrogen-bond acceptors (Lipinski definition) is 5. The van der Waals surface area contributed by atoms with Gasteiger partial charge in [0.1, 0.15) is 11.6 Å². The number of nitrogens with one attached hydrogen (secondary N) is 2. The summed E-state index contributed by atoms with van der Waals surface area (Å²) in [5, 5.41) is 10.3. The van der Waals surface area contributed by atoms with Gasteiger partial charge in [0.2, 0.25) is 11.1 Å². The Morgan fingerprint density at radius 1 is 1.26 bits per heavy atom. The zero-order chi connectivity index (χ0) is 19.2. The van der Waals surface area contributed by atoms with Gasteiger partial charge >= 0.3 is 0 Å². The van der Waals surface area contributed by atoms with Crippen molar-refractivity contribution >= 4 is 17.7 Å². The minimum absolute atomic E-state index is 0.141. The molecular formula is C19H19FN4O2S. The van der Waals surface area contributed by atoms with Gasteiger partial charge in [-0.15, -0.1) is 5.10 Å². The van der Waals surface area contributed by atoms with Gasteiger partial charge in [-0.25, -0.2) is 9.37 Å².